The largest absolute Gasteiger partial charge is 0.493 e. The average molecular weight is 492 g/mol. The number of nitrogens with one attached hydrogen (secondary N) is 1. The van der Waals surface area contributed by atoms with Crippen LogP contribution in [0.25, 0.3) is 16.5 Å². The number of anilines is 1. The highest BCUT2D eigenvalue weighted by molar-refractivity contribution is 7.16. The normalized spacial score (nSPS) is 10.9. The Morgan fingerprint density at radius 1 is 1.06 bits per heavy atom. The molecule has 2 aromatic carbocycles. The summed E-state index contributed by atoms with van der Waals surface area (Å²) in [5.41, 5.74) is 2.43. The number of nitrogens with zero attached hydrogens (tertiary/aromatic N) is 2. The molecule has 0 bridgehead atoms. The molecule has 2 aromatic heterocycles. The molecule has 0 spiro atoms. The first-order chi connectivity index (χ1) is 16.8. The minimum absolute atomic E-state index is 0.00569. The lowest BCUT2D eigenvalue weighted by molar-refractivity contribution is 0.0520. The molecule has 0 unspecified atom stereocenters. The van der Waals surface area contributed by atoms with Gasteiger partial charge in [-0.05, 0) is 63.1 Å². The number of carbonyl (C=O) groups is 2. The number of para-hydroxylation sites is 1. The summed E-state index contributed by atoms with van der Waals surface area (Å²) in [4.78, 5) is 39.5. The molecule has 1 N–H and O–H groups in total. The first kappa shape index (κ1) is 24.2. The molecule has 0 saturated heterocycles. The van der Waals surface area contributed by atoms with Crippen LogP contribution < -0.4 is 15.6 Å². The summed E-state index contributed by atoms with van der Waals surface area (Å²) in [6.45, 7) is 7.99. The zero-order valence-corrected chi connectivity index (χ0v) is 20.7. The first-order valence-electron chi connectivity index (χ1n) is 11.2. The van der Waals surface area contributed by atoms with Crippen molar-refractivity contribution in [3.8, 4) is 11.4 Å². The monoisotopic (exact) mass is 491 g/mol. The molecule has 0 fully saturated rings. The van der Waals surface area contributed by atoms with Crippen LogP contribution in [0, 0.1) is 13.8 Å². The van der Waals surface area contributed by atoms with Crippen LogP contribution in [0.1, 0.15) is 45.8 Å². The fourth-order valence-corrected chi connectivity index (χ4v) is 4.56. The molecule has 0 radical (unpaired) electrons. The molecule has 180 valence electrons. The Labute approximate surface area is 206 Å². The summed E-state index contributed by atoms with van der Waals surface area (Å²) < 4.78 is 11.9. The van der Waals surface area contributed by atoms with Gasteiger partial charge in [0.2, 0.25) is 0 Å². The number of aryl methyl sites for hydroxylation is 2. The molecule has 35 heavy (non-hydrogen) atoms. The van der Waals surface area contributed by atoms with Crippen molar-refractivity contribution in [2.45, 2.75) is 27.7 Å². The molecule has 4 rings (SSSR count). The highest BCUT2D eigenvalue weighted by atomic mass is 32.1. The number of amides is 1. The standard InChI is InChI=1S/C26H25N3O5S/c1-5-33-20-10-8-7-9-18(20)23(30)27-24-21-19(14-35-24)22(26(32)34-6-2)28-29(25(21)31)17-12-11-15(3)16(4)13-17/h7-14H,5-6H2,1-4H3,(H,27,30). The van der Waals surface area contributed by atoms with E-state index in [0.29, 0.717) is 34.0 Å². The van der Waals surface area contributed by atoms with Crippen LogP contribution in [0.3, 0.4) is 0 Å². The van der Waals surface area contributed by atoms with E-state index >= 15 is 0 Å². The van der Waals surface area contributed by atoms with Crippen molar-refractivity contribution in [3.63, 3.8) is 0 Å². The summed E-state index contributed by atoms with van der Waals surface area (Å²) >= 11 is 1.14. The van der Waals surface area contributed by atoms with Gasteiger partial charge in [0.25, 0.3) is 11.5 Å². The molecule has 9 heteroatoms. The highest BCUT2D eigenvalue weighted by Crippen LogP contribution is 2.32. The maximum atomic E-state index is 13.6. The van der Waals surface area contributed by atoms with Gasteiger partial charge in [0.15, 0.2) is 5.69 Å². The van der Waals surface area contributed by atoms with E-state index in [1.54, 1.807) is 42.6 Å². The average Bonchev–Trinajstić information content (AvgIpc) is 3.26. The number of carbonyl (C=O) groups excluding carboxylic acids is 2. The van der Waals surface area contributed by atoms with Crippen LogP contribution in [0.15, 0.2) is 52.6 Å². The minimum Gasteiger partial charge on any atom is -0.493 e. The molecule has 0 aliphatic carbocycles. The Bertz CT molecular complexity index is 1490. The van der Waals surface area contributed by atoms with E-state index in [9.17, 15) is 14.4 Å². The number of hydrogen-bond acceptors (Lipinski definition) is 7. The molecular weight excluding hydrogens is 466 g/mol. The fraction of sp³-hybridized carbons (Fsp3) is 0.231. The molecule has 0 aliphatic heterocycles. The summed E-state index contributed by atoms with van der Waals surface area (Å²) in [5.74, 6) is -0.633. The van der Waals surface area contributed by atoms with Crippen molar-refractivity contribution >= 4 is 39.0 Å². The Hall–Kier alpha value is -3.98. The molecule has 4 aromatic rings. The quantitative estimate of drug-likeness (QED) is 0.370. The van der Waals surface area contributed by atoms with Gasteiger partial charge < -0.3 is 14.8 Å². The summed E-state index contributed by atoms with van der Waals surface area (Å²) in [6, 6.07) is 12.3. The Kier molecular flexibility index (Phi) is 6.97. The molecule has 2 heterocycles. The maximum absolute atomic E-state index is 13.6. The number of hydrogen-bond donors (Lipinski definition) is 1. The van der Waals surface area contributed by atoms with E-state index in [1.165, 1.54) is 4.68 Å². The molecule has 1 amide bonds. The number of esters is 1. The zero-order valence-electron chi connectivity index (χ0n) is 19.9. The van der Waals surface area contributed by atoms with Gasteiger partial charge in [-0.15, -0.1) is 11.3 Å². The molecular formula is C26H25N3O5S. The van der Waals surface area contributed by atoms with Crippen LogP contribution in [-0.4, -0.2) is 34.9 Å². The van der Waals surface area contributed by atoms with Gasteiger partial charge in [0.05, 0.1) is 29.9 Å². The lowest BCUT2D eigenvalue weighted by Gasteiger charge is -2.12. The number of thiophene rings is 1. The lowest BCUT2D eigenvalue weighted by atomic mass is 10.1. The van der Waals surface area contributed by atoms with Crippen LogP contribution in [0.2, 0.25) is 0 Å². The van der Waals surface area contributed by atoms with Crippen molar-refractivity contribution in [1.82, 2.24) is 9.78 Å². The van der Waals surface area contributed by atoms with Crippen molar-refractivity contribution in [1.29, 1.82) is 0 Å². The van der Waals surface area contributed by atoms with Crippen LogP contribution >= 0.6 is 11.3 Å². The van der Waals surface area contributed by atoms with Gasteiger partial charge >= 0.3 is 5.97 Å². The van der Waals surface area contributed by atoms with Crippen LogP contribution in [-0.2, 0) is 4.74 Å². The minimum atomic E-state index is -0.646. The second-order valence-corrected chi connectivity index (χ2v) is 8.67. The summed E-state index contributed by atoms with van der Waals surface area (Å²) in [5, 5.41) is 9.63. The molecule has 0 saturated carbocycles. The number of aromatic nitrogens is 2. The fourth-order valence-electron chi connectivity index (χ4n) is 3.63. The molecule has 8 nitrogen and oxygen atoms in total. The van der Waals surface area contributed by atoms with Crippen LogP contribution in [0.5, 0.6) is 5.75 Å². The molecule has 0 aliphatic rings. The van der Waals surface area contributed by atoms with Gasteiger partial charge in [0, 0.05) is 10.8 Å². The van der Waals surface area contributed by atoms with Gasteiger partial charge in [-0.1, -0.05) is 18.2 Å². The summed E-state index contributed by atoms with van der Waals surface area (Å²) in [6.07, 6.45) is 0. The SMILES string of the molecule is CCOC(=O)c1nn(-c2ccc(C)c(C)c2)c(=O)c2c(NC(=O)c3ccccc3OCC)scc12. The zero-order chi connectivity index (χ0) is 25.1. The number of benzene rings is 2. The van der Waals surface area contributed by atoms with E-state index < -0.39 is 17.4 Å². The predicted molar refractivity (Wildman–Crippen MR) is 136 cm³/mol. The topological polar surface area (TPSA) is 99.5 Å². The Balaban J connectivity index is 1.88. The van der Waals surface area contributed by atoms with E-state index in [4.69, 9.17) is 9.47 Å². The Morgan fingerprint density at radius 2 is 1.83 bits per heavy atom. The first-order valence-corrected chi connectivity index (χ1v) is 12.1. The third-order valence-corrected chi connectivity index (χ3v) is 6.41. The van der Waals surface area contributed by atoms with Gasteiger partial charge in [-0.2, -0.15) is 9.78 Å². The smallest absolute Gasteiger partial charge is 0.359 e. The van der Waals surface area contributed by atoms with E-state index in [1.807, 2.05) is 32.9 Å². The maximum Gasteiger partial charge on any atom is 0.359 e. The number of fused-ring (bicyclic) bond motifs is 1. The van der Waals surface area contributed by atoms with Crippen molar-refractivity contribution < 1.29 is 19.1 Å². The second kappa shape index (κ2) is 10.1. The molecule has 0 atom stereocenters. The number of ether oxygens (including phenoxy) is 2. The lowest BCUT2D eigenvalue weighted by Crippen LogP contribution is -2.25. The van der Waals surface area contributed by atoms with E-state index in [-0.39, 0.29) is 17.7 Å². The van der Waals surface area contributed by atoms with Gasteiger partial charge in [-0.25, -0.2) is 4.79 Å². The second-order valence-electron chi connectivity index (χ2n) is 7.79. The highest BCUT2D eigenvalue weighted by Gasteiger charge is 2.24. The third kappa shape index (κ3) is 4.67. The third-order valence-electron chi connectivity index (χ3n) is 5.51. The van der Waals surface area contributed by atoms with Crippen molar-refractivity contribution in [2.24, 2.45) is 0 Å². The Morgan fingerprint density at radius 3 is 2.54 bits per heavy atom. The summed E-state index contributed by atoms with van der Waals surface area (Å²) in [7, 11) is 0. The predicted octanol–water partition coefficient (Wildman–Crippen LogP) is 4.89. The van der Waals surface area contributed by atoms with Crippen LogP contribution in [0.4, 0.5) is 5.00 Å². The van der Waals surface area contributed by atoms with E-state index in [0.717, 1.165) is 22.5 Å². The number of rotatable bonds is 7. The van der Waals surface area contributed by atoms with Crippen molar-refractivity contribution in [2.75, 3.05) is 18.5 Å². The van der Waals surface area contributed by atoms with E-state index in [2.05, 4.69) is 10.4 Å². The van der Waals surface area contributed by atoms with Gasteiger partial charge in [-0.3, -0.25) is 9.59 Å². The van der Waals surface area contributed by atoms with Gasteiger partial charge in [0.1, 0.15) is 10.8 Å². The van der Waals surface area contributed by atoms with Crippen molar-refractivity contribution in [3.05, 3.63) is 80.6 Å².